The van der Waals surface area contributed by atoms with Crippen LogP contribution in [0.15, 0.2) is 12.1 Å². The first-order chi connectivity index (χ1) is 9.64. The molecule has 6 heteroatoms. The predicted octanol–water partition coefficient (Wildman–Crippen LogP) is 3.89. The highest BCUT2D eigenvalue weighted by molar-refractivity contribution is 7.18. The van der Waals surface area contributed by atoms with Crippen LogP contribution in [0, 0.1) is 5.92 Å². The number of ether oxygens (including phenoxy) is 1. The van der Waals surface area contributed by atoms with E-state index >= 15 is 0 Å². The summed E-state index contributed by atoms with van der Waals surface area (Å²) in [5, 5.41) is 2.76. The van der Waals surface area contributed by atoms with E-state index in [1.54, 1.807) is 32.9 Å². The zero-order valence-corrected chi connectivity index (χ0v) is 14.6. The molecule has 0 saturated heterocycles. The second-order valence-corrected chi connectivity index (χ2v) is 7.69. The van der Waals surface area contributed by atoms with Crippen LogP contribution in [0.4, 0.5) is 0 Å². The van der Waals surface area contributed by atoms with Crippen molar-refractivity contribution < 1.29 is 14.3 Å². The summed E-state index contributed by atoms with van der Waals surface area (Å²) < 4.78 is 5.93. The third-order valence-corrected chi connectivity index (χ3v) is 4.19. The summed E-state index contributed by atoms with van der Waals surface area (Å²) in [6, 6.07) is 2.64. The van der Waals surface area contributed by atoms with Gasteiger partial charge in [-0.2, -0.15) is 0 Å². The summed E-state index contributed by atoms with van der Waals surface area (Å²) in [6.45, 7) is 9.30. The van der Waals surface area contributed by atoms with Gasteiger partial charge in [-0.1, -0.05) is 31.9 Å². The fourth-order valence-corrected chi connectivity index (χ4v) is 2.63. The van der Waals surface area contributed by atoms with Gasteiger partial charge in [0.2, 0.25) is 0 Å². The standard InChI is InChI=1S/C15H22ClNO3S/c1-6-9(2)12(14(19)20-15(3,4)5)17-13(18)10-7-8-11(16)21-10/h7-9,12H,6H2,1-5H3,(H,17,18)/t9-,12-/m0/s1. The molecule has 0 unspecified atom stereocenters. The minimum Gasteiger partial charge on any atom is -0.458 e. The molecule has 1 heterocycles. The second kappa shape index (κ2) is 7.27. The van der Waals surface area contributed by atoms with E-state index in [4.69, 9.17) is 16.3 Å². The summed E-state index contributed by atoms with van der Waals surface area (Å²) >= 11 is 7.01. The molecule has 21 heavy (non-hydrogen) atoms. The highest BCUT2D eigenvalue weighted by atomic mass is 35.5. The van der Waals surface area contributed by atoms with E-state index in [2.05, 4.69) is 5.32 Å². The molecule has 0 saturated carbocycles. The summed E-state index contributed by atoms with van der Waals surface area (Å²) in [5.41, 5.74) is -0.584. The summed E-state index contributed by atoms with van der Waals surface area (Å²) in [5.74, 6) is -0.727. The molecular weight excluding hydrogens is 310 g/mol. The number of carbonyl (C=O) groups excluding carboxylic acids is 2. The van der Waals surface area contributed by atoms with Crippen LogP contribution >= 0.6 is 22.9 Å². The predicted molar refractivity (Wildman–Crippen MR) is 85.9 cm³/mol. The van der Waals surface area contributed by atoms with E-state index in [0.29, 0.717) is 9.21 Å². The van der Waals surface area contributed by atoms with Crippen LogP contribution in [0.1, 0.15) is 50.7 Å². The molecule has 0 fully saturated rings. The Morgan fingerprint density at radius 1 is 1.38 bits per heavy atom. The minimum absolute atomic E-state index is 0.0146. The average Bonchev–Trinajstić information content (AvgIpc) is 2.79. The SMILES string of the molecule is CC[C@H](C)[C@H](NC(=O)c1ccc(Cl)s1)C(=O)OC(C)(C)C. The van der Waals surface area contributed by atoms with E-state index in [1.807, 2.05) is 13.8 Å². The number of nitrogens with one attached hydrogen (secondary N) is 1. The van der Waals surface area contributed by atoms with E-state index in [9.17, 15) is 9.59 Å². The van der Waals surface area contributed by atoms with Crippen LogP contribution < -0.4 is 5.32 Å². The summed E-state index contributed by atoms with van der Waals surface area (Å²) in [7, 11) is 0. The molecule has 0 bridgehead atoms. The Labute approximate surface area is 134 Å². The Morgan fingerprint density at radius 3 is 2.43 bits per heavy atom. The molecule has 1 rings (SSSR count). The molecule has 118 valence electrons. The van der Waals surface area contributed by atoms with Crippen molar-refractivity contribution in [3.63, 3.8) is 0 Å². The molecule has 1 N–H and O–H groups in total. The fraction of sp³-hybridized carbons (Fsp3) is 0.600. The van der Waals surface area contributed by atoms with Gasteiger partial charge in [-0.3, -0.25) is 4.79 Å². The van der Waals surface area contributed by atoms with Crippen LogP contribution in [-0.4, -0.2) is 23.5 Å². The van der Waals surface area contributed by atoms with Gasteiger partial charge in [0, 0.05) is 0 Å². The van der Waals surface area contributed by atoms with Gasteiger partial charge in [-0.15, -0.1) is 11.3 Å². The van der Waals surface area contributed by atoms with Gasteiger partial charge in [0.25, 0.3) is 5.91 Å². The van der Waals surface area contributed by atoms with Gasteiger partial charge in [0.15, 0.2) is 0 Å². The smallest absolute Gasteiger partial charge is 0.329 e. The van der Waals surface area contributed by atoms with Crippen LogP contribution in [0.3, 0.4) is 0 Å². The molecule has 0 aliphatic carbocycles. The lowest BCUT2D eigenvalue weighted by molar-refractivity contribution is -0.158. The van der Waals surface area contributed by atoms with Gasteiger partial charge in [0.05, 0.1) is 9.21 Å². The second-order valence-electron chi connectivity index (χ2n) is 5.97. The van der Waals surface area contributed by atoms with Crippen molar-refractivity contribution in [2.75, 3.05) is 0 Å². The van der Waals surface area contributed by atoms with Gasteiger partial charge >= 0.3 is 5.97 Å². The van der Waals surface area contributed by atoms with Gasteiger partial charge < -0.3 is 10.1 Å². The molecular formula is C15H22ClNO3S. The maximum absolute atomic E-state index is 12.3. The van der Waals surface area contributed by atoms with E-state index in [0.717, 1.165) is 6.42 Å². The van der Waals surface area contributed by atoms with Crippen molar-refractivity contribution in [1.29, 1.82) is 0 Å². The topological polar surface area (TPSA) is 55.4 Å². The largest absolute Gasteiger partial charge is 0.458 e. The number of carbonyl (C=O) groups is 2. The number of amides is 1. The van der Waals surface area contributed by atoms with E-state index in [1.165, 1.54) is 11.3 Å². The lowest BCUT2D eigenvalue weighted by Crippen LogP contribution is -2.47. The van der Waals surface area contributed by atoms with Crippen LogP contribution in [0.2, 0.25) is 4.34 Å². The quantitative estimate of drug-likeness (QED) is 0.833. The Hall–Kier alpha value is -1.07. The minimum atomic E-state index is -0.664. The molecule has 4 nitrogen and oxygen atoms in total. The first-order valence-electron chi connectivity index (χ1n) is 6.93. The number of hydrogen-bond acceptors (Lipinski definition) is 4. The third kappa shape index (κ3) is 5.67. The highest BCUT2D eigenvalue weighted by Crippen LogP contribution is 2.22. The average molecular weight is 332 g/mol. The third-order valence-electron chi connectivity index (χ3n) is 2.96. The van der Waals surface area contributed by atoms with Gasteiger partial charge in [0.1, 0.15) is 11.6 Å². The number of esters is 1. The Bertz CT molecular complexity index is 507. The number of halogens is 1. The molecule has 1 aromatic rings. The van der Waals surface area contributed by atoms with E-state index < -0.39 is 17.6 Å². The molecule has 1 aromatic heterocycles. The Balaban J connectivity index is 2.83. The van der Waals surface area contributed by atoms with Crippen molar-refractivity contribution >= 4 is 34.8 Å². The lowest BCUT2D eigenvalue weighted by atomic mass is 9.99. The van der Waals surface area contributed by atoms with E-state index in [-0.39, 0.29) is 11.8 Å². The molecule has 0 aliphatic heterocycles. The molecule has 0 spiro atoms. The van der Waals surface area contributed by atoms with Crippen LogP contribution in [-0.2, 0) is 9.53 Å². The highest BCUT2D eigenvalue weighted by Gasteiger charge is 2.30. The molecule has 0 aromatic carbocycles. The number of thiophene rings is 1. The lowest BCUT2D eigenvalue weighted by Gasteiger charge is -2.27. The number of hydrogen-bond donors (Lipinski definition) is 1. The molecule has 0 radical (unpaired) electrons. The Morgan fingerprint density at radius 2 is 2.00 bits per heavy atom. The van der Waals surface area contributed by atoms with Crippen molar-refractivity contribution in [3.05, 3.63) is 21.3 Å². The maximum Gasteiger partial charge on any atom is 0.329 e. The van der Waals surface area contributed by atoms with Gasteiger partial charge in [-0.25, -0.2) is 4.79 Å². The molecule has 0 aliphatic rings. The van der Waals surface area contributed by atoms with Crippen molar-refractivity contribution in [1.82, 2.24) is 5.32 Å². The molecule has 2 atom stereocenters. The first kappa shape index (κ1) is 18.0. The van der Waals surface area contributed by atoms with Crippen molar-refractivity contribution in [3.8, 4) is 0 Å². The maximum atomic E-state index is 12.3. The van der Waals surface area contributed by atoms with Crippen LogP contribution in [0.25, 0.3) is 0 Å². The van der Waals surface area contributed by atoms with Crippen molar-refractivity contribution in [2.45, 2.75) is 52.7 Å². The van der Waals surface area contributed by atoms with Gasteiger partial charge in [-0.05, 0) is 38.8 Å². The first-order valence-corrected chi connectivity index (χ1v) is 8.12. The number of rotatable bonds is 5. The van der Waals surface area contributed by atoms with Crippen molar-refractivity contribution in [2.24, 2.45) is 5.92 Å². The normalized spacial score (nSPS) is 14.4. The monoisotopic (exact) mass is 331 g/mol. The fourth-order valence-electron chi connectivity index (χ4n) is 1.68. The molecule has 1 amide bonds. The summed E-state index contributed by atoms with van der Waals surface area (Å²) in [4.78, 5) is 24.9. The van der Waals surface area contributed by atoms with Crippen LogP contribution in [0.5, 0.6) is 0 Å². The Kier molecular flexibility index (Phi) is 6.23. The zero-order chi connectivity index (χ0) is 16.2. The summed E-state index contributed by atoms with van der Waals surface area (Å²) in [6.07, 6.45) is 0.759. The zero-order valence-electron chi connectivity index (χ0n) is 13.0.